The minimum atomic E-state index is 0.420. The van der Waals surface area contributed by atoms with Crippen molar-refractivity contribution in [2.45, 2.75) is 44.7 Å². The van der Waals surface area contributed by atoms with Gasteiger partial charge in [0.2, 0.25) is 0 Å². The zero-order valence-corrected chi connectivity index (χ0v) is 12.5. The second-order valence-electron chi connectivity index (χ2n) is 4.31. The van der Waals surface area contributed by atoms with E-state index in [0.717, 1.165) is 16.7 Å². The molecule has 1 unspecified atom stereocenters. The third-order valence-electron chi connectivity index (χ3n) is 2.40. The number of thioether (sulfide) groups is 1. The lowest BCUT2D eigenvalue weighted by atomic mass is 9.96. The first-order chi connectivity index (χ1) is 7.51. The highest BCUT2D eigenvalue weighted by Gasteiger charge is 2.18. The molecule has 0 aliphatic carbocycles. The Hall–Kier alpha value is -0.340. The summed E-state index contributed by atoms with van der Waals surface area (Å²) in [6.45, 7) is 8.69. The number of nitrogens with one attached hydrogen (secondary N) is 1. The molecule has 3 nitrogen and oxygen atoms in total. The SMILES string of the molecule is CSc1nc(NP)c(C(C)C)c(C(C)C)n1. The zero-order valence-electron chi connectivity index (χ0n) is 10.5. The molecular weight excluding hydrogens is 237 g/mol. The summed E-state index contributed by atoms with van der Waals surface area (Å²) in [6, 6.07) is 0. The van der Waals surface area contributed by atoms with Crippen LogP contribution in [0.1, 0.15) is 50.8 Å². The van der Waals surface area contributed by atoms with Crippen LogP contribution in [-0.2, 0) is 0 Å². The summed E-state index contributed by atoms with van der Waals surface area (Å²) in [5, 5.41) is 3.93. The second kappa shape index (κ2) is 5.83. The molecule has 16 heavy (non-hydrogen) atoms. The van der Waals surface area contributed by atoms with Gasteiger partial charge in [0.15, 0.2) is 5.16 Å². The molecule has 0 saturated carbocycles. The Labute approximate surface area is 104 Å². The fourth-order valence-corrected chi connectivity index (χ4v) is 2.27. The maximum Gasteiger partial charge on any atom is 0.189 e. The van der Waals surface area contributed by atoms with Crippen molar-refractivity contribution < 1.29 is 0 Å². The maximum atomic E-state index is 4.62. The van der Waals surface area contributed by atoms with E-state index in [1.54, 1.807) is 11.8 Å². The Morgan fingerprint density at radius 1 is 1.12 bits per heavy atom. The molecule has 0 bridgehead atoms. The second-order valence-corrected chi connectivity index (χ2v) is 5.37. The highest BCUT2D eigenvalue weighted by Crippen LogP contribution is 2.32. The van der Waals surface area contributed by atoms with E-state index in [2.05, 4.69) is 52.1 Å². The van der Waals surface area contributed by atoms with E-state index in [4.69, 9.17) is 0 Å². The van der Waals surface area contributed by atoms with Crippen LogP contribution in [0.3, 0.4) is 0 Å². The minimum absolute atomic E-state index is 0.420. The van der Waals surface area contributed by atoms with Gasteiger partial charge in [0.25, 0.3) is 0 Å². The molecule has 0 spiro atoms. The Kier molecular flexibility index (Phi) is 5.00. The first kappa shape index (κ1) is 13.7. The highest BCUT2D eigenvalue weighted by molar-refractivity contribution is 7.98. The number of hydrogen-bond acceptors (Lipinski definition) is 4. The van der Waals surface area contributed by atoms with Crippen LogP contribution in [0.4, 0.5) is 5.82 Å². The number of nitrogens with zero attached hydrogens (tertiary/aromatic N) is 2. The van der Waals surface area contributed by atoms with Crippen molar-refractivity contribution in [1.82, 2.24) is 9.97 Å². The fraction of sp³-hybridized carbons (Fsp3) is 0.636. The van der Waals surface area contributed by atoms with Gasteiger partial charge in [-0.15, -0.1) is 0 Å². The lowest BCUT2D eigenvalue weighted by Gasteiger charge is -2.18. The van der Waals surface area contributed by atoms with Crippen LogP contribution in [0.5, 0.6) is 0 Å². The largest absolute Gasteiger partial charge is 0.354 e. The topological polar surface area (TPSA) is 37.8 Å². The van der Waals surface area contributed by atoms with Crippen LogP contribution in [0.25, 0.3) is 0 Å². The van der Waals surface area contributed by atoms with Crippen molar-refractivity contribution in [2.24, 2.45) is 0 Å². The number of rotatable bonds is 4. The monoisotopic (exact) mass is 257 g/mol. The van der Waals surface area contributed by atoms with Crippen LogP contribution >= 0.6 is 21.2 Å². The van der Waals surface area contributed by atoms with Gasteiger partial charge in [-0.2, -0.15) is 0 Å². The van der Waals surface area contributed by atoms with E-state index in [1.807, 2.05) is 6.26 Å². The van der Waals surface area contributed by atoms with Crippen LogP contribution in [0.15, 0.2) is 5.16 Å². The molecule has 0 radical (unpaired) electrons. The first-order valence-electron chi connectivity index (χ1n) is 5.43. The third-order valence-corrected chi connectivity index (χ3v) is 3.22. The molecule has 0 aromatic carbocycles. The lowest BCUT2D eigenvalue weighted by Crippen LogP contribution is -2.08. The molecule has 0 fully saturated rings. The van der Waals surface area contributed by atoms with Crippen LogP contribution in [-0.4, -0.2) is 16.2 Å². The van der Waals surface area contributed by atoms with Gasteiger partial charge in [-0.1, -0.05) is 39.5 Å². The smallest absolute Gasteiger partial charge is 0.189 e. The number of aromatic nitrogens is 2. The van der Waals surface area contributed by atoms with Gasteiger partial charge in [-0.3, -0.25) is 0 Å². The first-order valence-corrected chi connectivity index (χ1v) is 7.23. The molecule has 1 rings (SSSR count). The van der Waals surface area contributed by atoms with Gasteiger partial charge in [-0.25, -0.2) is 9.97 Å². The molecular formula is C11H20N3PS. The summed E-state index contributed by atoms with van der Waals surface area (Å²) in [6.07, 6.45) is 2.00. The van der Waals surface area contributed by atoms with Crippen LogP contribution in [0.2, 0.25) is 0 Å². The molecule has 1 atom stereocenters. The average molecular weight is 257 g/mol. The zero-order chi connectivity index (χ0) is 12.3. The molecule has 0 aliphatic rings. The summed E-state index contributed by atoms with van der Waals surface area (Å²) < 4.78 is 0. The Morgan fingerprint density at radius 2 is 1.75 bits per heavy atom. The fourth-order valence-electron chi connectivity index (χ4n) is 1.68. The van der Waals surface area contributed by atoms with Crippen LogP contribution < -0.4 is 5.09 Å². The quantitative estimate of drug-likeness (QED) is 0.507. The molecule has 0 aliphatic heterocycles. The number of anilines is 1. The summed E-state index contributed by atoms with van der Waals surface area (Å²) >= 11 is 1.58. The summed E-state index contributed by atoms with van der Waals surface area (Å²) in [5.41, 5.74) is 2.38. The van der Waals surface area contributed by atoms with E-state index in [9.17, 15) is 0 Å². The molecule has 1 aromatic heterocycles. The van der Waals surface area contributed by atoms with E-state index >= 15 is 0 Å². The predicted molar refractivity (Wildman–Crippen MR) is 75.3 cm³/mol. The molecule has 0 amide bonds. The van der Waals surface area contributed by atoms with Gasteiger partial charge >= 0.3 is 0 Å². The van der Waals surface area contributed by atoms with Crippen molar-refractivity contribution in [1.29, 1.82) is 0 Å². The molecule has 5 heteroatoms. The van der Waals surface area contributed by atoms with Crippen LogP contribution in [0, 0.1) is 0 Å². The van der Waals surface area contributed by atoms with Gasteiger partial charge in [0.05, 0.1) is 5.69 Å². The summed E-state index contributed by atoms with van der Waals surface area (Å²) in [4.78, 5) is 9.12. The van der Waals surface area contributed by atoms with Crippen molar-refractivity contribution in [2.75, 3.05) is 11.3 Å². The predicted octanol–water partition coefficient (Wildman–Crippen LogP) is 3.65. The third kappa shape index (κ3) is 2.86. The molecule has 90 valence electrons. The normalized spacial score (nSPS) is 11.2. The van der Waals surface area contributed by atoms with Crippen molar-refractivity contribution >= 4 is 27.0 Å². The van der Waals surface area contributed by atoms with E-state index in [-0.39, 0.29) is 0 Å². The standard InChI is InChI=1S/C11H20N3PS/c1-6(2)8-9(7(3)4)12-11(16-5)13-10(8)14-15/h6-7H,15H2,1-5H3,(H,12,13,14). The van der Waals surface area contributed by atoms with E-state index in [0.29, 0.717) is 11.8 Å². The van der Waals surface area contributed by atoms with Crippen molar-refractivity contribution in [3.05, 3.63) is 11.3 Å². The Morgan fingerprint density at radius 3 is 2.12 bits per heavy atom. The van der Waals surface area contributed by atoms with Gasteiger partial charge in [0, 0.05) is 5.56 Å². The van der Waals surface area contributed by atoms with Gasteiger partial charge in [-0.05, 0) is 27.5 Å². The van der Waals surface area contributed by atoms with E-state index in [1.165, 1.54) is 5.56 Å². The van der Waals surface area contributed by atoms with Gasteiger partial charge in [0.1, 0.15) is 5.82 Å². The summed E-state index contributed by atoms with van der Waals surface area (Å²) in [7, 11) is 2.52. The van der Waals surface area contributed by atoms with Crippen molar-refractivity contribution in [3.63, 3.8) is 0 Å². The molecule has 1 aromatic rings. The number of hydrogen-bond donors (Lipinski definition) is 1. The van der Waals surface area contributed by atoms with E-state index < -0.39 is 0 Å². The molecule has 1 heterocycles. The Bertz CT molecular complexity index is 366. The molecule has 1 N–H and O–H groups in total. The highest BCUT2D eigenvalue weighted by atomic mass is 32.2. The van der Waals surface area contributed by atoms with Crippen molar-refractivity contribution in [3.8, 4) is 0 Å². The van der Waals surface area contributed by atoms with Gasteiger partial charge < -0.3 is 5.09 Å². The maximum absolute atomic E-state index is 4.62. The average Bonchev–Trinajstić information content (AvgIpc) is 2.26. The summed E-state index contributed by atoms with van der Waals surface area (Å²) in [5.74, 6) is 1.78. The molecule has 0 saturated heterocycles. The Balaban J connectivity index is 3.41. The lowest BCUT2D eigenvalue weighted by molar-refractivity contribution is 0.724. The minimum Gasteiger partial charge on any atom is -0.354 e.